The van der Waals surface area contributed by atoms with Crippen molar-refractivity contribution in [3.63, 3.8) is 0 Å². The number of hydrogen-bond acceptors (Lipinski definition) is 0. The molecule has 2 aromatic carbocycles. The Labute approximate surface area is 76.0 Å². The lowest BCUT2D eigenvalue weighted by Gasteiger charge is -1.98. The van der Waals surface area contributed by atoms with Crippen LogP contribution in [0.3, 0.4) is 0 Å². The van der Waals surface area contributed by atoms with Crippen molar-refractivity contribution in [2.45, 2.75) is 0 Å². The Balaban J connectivity index is 2.65. The second-order valence-corrected chi connectivity index (χ2v) is 3.23. The smallest absolute Gasteiger partial charge is 0.0533 e. The molecular formula is C12H9N. The number of fused-ring (bicyclic) bond motifs is 3. The van der Waals surface area contributed by atoms with Crippen molar-refractivity contribution in [2.75, 3.05) is 0 Å². The van der Waals surface area contributed by atoms with Crippen molar-refractivity contribution >= 4 is 21.7 Å². The second kappa shape index (κ2) is 2.36. The number of aromatic nitrogens is 1. The second-order valence-electron chi connectivity index (χ2n) is 3.23. The van der Waals surface area contributed by atoms with E-state index in [1.165, 1.54) is 21.7 Å². The maximum absolute atomic E-state index is 3.28. The highest BCUT2D eigenvalue weighted by Gasteiger charge is 1.98. The summed E-state index contributed by atoms with van der Waals surface area (Å²) >= 11 is 0. The Hall–Kier alpha value is -1.76. The number of pyridine rings is 1. The molecule has 3 aromatic rings. The van der Waals surface area contributed by atoms with Crippen molar-refractivity contribution in [3.8, 4) is 0 Å². The molecule has 0 radical (unpaired) electrons. The summed E-state index contributed by atoms with van der Waals surface area (Å²) in [5.74, 6) is 0. The molecule has 13 heavy (non-hydrogen) atoms. The zero-order valence-electron chi connectivity index (χ0n) is 7.12. The highest BCUT2D eigenvalue weighted by atomic mass is 14.6. The van der Waals surface area contributed by atoms with Gasteiger partial charge in [-0.05, 0) is 16.8 Å². The molecule has 0 spiro atoms. The minimum atomic E-state index is 1.23. The molecule has 0 aliphatic carbocycles. The molecule has 0 saturated heterocycles. The van der Waals surface area contributed by atoms with E-state index in [1.807, 2.05) is 12.3 Å². The van der Waals surface area contributed by atoms with Gasteiger partial charge in [0.25, 0.3) is 0 Å². The van der Waals surface area contributed by atoms with Crippen LogP contribution in [0, 0.1) is 0 Å². The Kier molecular flexibility index (Phi) is 1.22. The zero-order chi connectivity index (χ0) is 8.67. The first-order valence-corrected chi connectivity index (χ1v) is 4.40. The van der Waals surface area contributed by atoms with Crippen LogP contribution < -0.4 is 0 Å². The summed E-state index contributed by atoms with van der Waals surface area (Å²) in [4.78, 5) is 3.28. The standard InChI is InChI=1S/C12H9N/c1-3-9-6-7-10-4-2-8-13-12(10)11(9)5-1/h1-8,13H. The van der Waals surface area contributed by atoms with E-state index in [1.54, 1.807) is 0 Å². The average molecular weight is 167 g/mol. The maximum Gasteiger partial charge on any atom is 0.0533 e. The number of nitrogens with one attached hydrogen (secondary N) is 1. The summed E-state index contributed by atoms with van der Waals surface area (Å²) in [6, 6.07) is 14.8. The monoisotopic (exact) mass is 167 g/mol. The molecule has 0 unspecified atom stereocenters. The van der Waals surface area contributed by atoms with Crippen LogP contribution in [0.5, 0.6) is 0 Å². The van der Waals surface area contributed by atoms with E-state index in [9.17, 15) is 0 Å². The lowest BCUT2D eigenvalue weighted by Crippen LogP contribution is -1.76. The van der Waals surface area contributed by atoms with Crippen LogP contribution in [0.15, 0.2) is 48.7 Å². The number of hydrogen-bond donors (Lipinski definition) is 1. The van der Waals surface area contributed by atoms with Crippen molar-refractivity contribution in [1.82, 2.24) is 4.98 Å². The van der Waals surface area contributed by atoms with Gasteiger partial charge in [-0.15, -0.1) is 0 Å². The first kappa shape index (κ1) is 6.72. The Morgan fingerprint density at radius 1 is 0.769 bits per heavy atom. The third-order valence-electron chi connectivity index (χ3n) is 2.45. The number of rotatable bonds is 0. The molecule has 62 valence electrons. The first-order valence-electron chi connectivity index (χ1n) is 4.40. The molecule has 0 aliphatic rings. The van der Waals surface area contributed by atoms with Gasteiger partial charge < -0.3 is 4.98 Å². The van der Waals surface area contributed by atoms with E-state index in [0.29, 0.717) is 0 Å². The van der Waals surface area contributed by atoms with Crippen molar-refractivity contribution in [2.24, 2.45) is 0 Å². The molecule has 1 nitrogen and oxygen atoms in total. The van der Waals surface area contributed by atoms with Crippen LogP contribution in [0.2, 0.25) is 0 Å². The van der Waals surface area contributed by atoms with Crippen LogP contribution in [0.4, 0.5) is 0 Å². The Morgan fingerprint density at radius 2 is 1.62 bits per heavy atom. The molecule has 0 bridgehead atoms. The quantitative estimate of drug-likeness (QED) is 0.528. The van der Waals surface area contributed by atoms with Gasteiger partial charge in [0.05, 0.1) is 5.52 Å². The average Bonchev–Trinajstić information content (AvgIpc) is 2.65. The largest absolute Gasteiger partial charge is 0.361 e. The number of aromatic amines is 1. The SMILES string of the molecule is c1c[nH]c2c(c1)ccc1cccc12. The maximum atomic E-state index is 3.28. The van der Waals surface area contributed by atoms with Gasteiger partial charge >= 0.3 is 0 Å². The highest BCUT2D eigenvalue weighted by Crippen LogP contribution is 2.23. The van der Waals surface area contributed by atoms with Gasteiger partial charge in [-0.25, -0.2) is 0 Å². The van der Waals surface area contributed by atoms with E-state index >= 15 is 0 Å². The highest BCUT2D eigenvalue weighted by molar-refractivity contribution is 6.05. The fraction of sp³-hybridized carbons (Fsp3) is 0. The van der Waals surface area contributed by atoms with Crippen LogP contribution in [-0.2, 0) is 0 Å². The van der Waals surface area contributed by atoms with E-state index in [-0.39, 0.29) is 0 Å². The summed E-state index contributed by atoms with van der Waals surface area (Å²) in [5, 5.41) is 3.87. The summed E-state index contributed by atoms with van der Waals surface area (Å²) < 4.78 is 0. The van der Waals surface area contributed by atoms with Crippen molar-refractivity contribution < 1.29 is 0 Å². The number of H-pyrrole nitrogens is 1. The molecular weight excluding hydrogens is 158 g/mol. The van der Waals surface area contributed by atoms with Gasteiger partial charge in [0.2, 0.25) is 0 Å². The predicted octanol–water partition coefficient (Wildman–Crippen LogP) is 3.32. The summed E-state index contributed by atoms with van der Waals surface area (Å²) in [6.07, 6.45) is 1.97. The number of benzene rings is 1. The summed E-state index contributed by atoms with van der Waals surface area (Å²) in [6.45, 7) is 0. The molecule has 1 heterocycles. The summed E-state index contributed by atoms with van der Waals surface area (Å²) in [7, 11) is 0. The lowest BCUT2D eigenvalue weighted by molar-refractivity contribution is 1.43. The van der Waals surface area contributed by atoms with Crippen molar-refractivity contribution in [3.05, 3.63) is 48.7 Å². The third kappa shape index (κ3) is 0.872. The Morgan fingerprint density at radius 3 is 2.62 bits per heavy atom. The minimum Gasteiger partial charge on any atom is -0.361 e. The normalized spacial score (nSPS) is 11.1. The fourth-order valence-electron chi connectivity index (χ4n) is 1.81. The zero-order valence-corrected chi connectivity index (χ0v) is 7.12. The van der Waals surface area contributed by atoms with E-state index in [4.69, 9.17) is 0 Å². The topological polar surface area (TPSA) is 15.8 Å². The molecule has 0 amide bonds. The van der Waals surface area contributed by atoms with E-state index in [2.05, 4.69) is 41.4 Å². The van der Waals surface area contributed by atoms with Gasteiger partial charge in [-0.3, -0.25) is 0 Å². The van der Waals surface area contributed by atoms with Gasteiger partial charge in [0, 0.05) is 11.6 Å². The molecule has 0 atom stereocenters. The fourth-order valence-corrected chi connectivity index (χ4v) is 1.81. The molecule has 1 heteroatoms. The van der Waals surface area contributed by atoms with Crippen molar-refractivity contribution in [1.29, 1.82) is 0 Å². The molecule has 0 saturated carbocycles. The van der Waals surface area contributed by atoms with Gasteiger partial charge in [0.15, 0.2) is 0 Å². The van der Waals surface area contributed by atoms with Crippen LogP contribution in [-0.4, -0.2) is 4.98 Å². The molecule has 1 aromatic heterocycles. The van der Waals surface area contributed by atoms with E-state index in [0.717, 1.165) is 0 Å². The molecule has 0 aliphatic heterocycles. The molecule has 0 fully saturated rings. The van der Waals surface area contributed by atoms with Gasteiger partial charge in [-0.2, -0.15) is 0 Å². The lowest BCUT2D eigenvalue weighted by atomic mass is 10.1. The first-order chi connectivity index (χ1) is 6.45. The predicted molar refractivity (Wildman–Crippen MR) is 55.8 cm³/mol. The van der Waals surface area contributed by atoms with E-state index < -0.39 is 0 Å². The summed E-state index contributed by atoms with van der Waals surface area (Å²) in [5.41, 5.74) is 1.23. The minimum absolute atomic E-state index is 1.23. The van der Waals surface area contributed by atoms with Crippen LogP contribution in [0.25, 0.3) is 21.7 Å². The van der Waals surface area contributed by atoms with Crippen LogP contribution >= 0.6 is 0 Å². The van der Waals surface area contributed by atoms with Crippen LogP contribution in [0.1, 0.15) is 0 Å². The molecule has 1 N–H and O–H groups in total. The Bertz CT molecular complexity index is 563. The van der Waals surface area contributed by atoms with Gasteiger partial charge in [0.1, 0.15) is 0 Å². The van der Waals surface area contributed by atoms with Gasteiger partial charge in [-0.1, -0.05) is 36.4 Å². The molecule has 3 rings (SSSR count). The third-order valence-corrected chi connectivity index (χ3v) is 2.45.